The Morgan fingerprint density at radius 2 is 1.87 bits per heavy atom. The predicted molar refractivity (Wildman–Crippen MR) is 151 cm³/mol. The van der Waals surface area contributed by atoms with Crippen LogP contribution < -0.4 is 10.6 Å². The van der Waals surface area contributed by atoms with Gasteiger partial charge in [0, 0.05) is 28.0 Å². The Morgan fingerprint density at radius 3 is 2.64 bits per heavy atom. The highest BCUT2D eigenvalue weighted by Gasteiger charge is 2.27. The first-order chi connectivity index (χ1) is 19.4. The van der Waals surface area contributed by atoms with Gasteiger partial charge >= 0.3 is 0 Å². The molecule has 0 aliphatic heterocycles. The molecule has 5 aromatic rings. The van der Waals surface area contributed by atoms with Crippen molar-refractivity contribution in [2.75, 3.05) is 10.6 Å². The molecular formula is C29H20Cl2N8. The summed E-state index contributed by atoms with van der Waals surface area (Å²) < 4.78 is 11.4. The highest BCUT2D eigenvalue weighted by atomic mass is 35.5. The van der Waals surface area contributed by atoms with Crippen molar-refractivity contribution < 1.29 is 1.37 Å². The average molecular weight is 552 g/mol. The van der Waals surface area contributed by atoms with Gasteiger partial charge in [-0.25, -0.2) is 4.68 Å². The van der Waals surface area contributed by atoms with E-state index in [1.54, 1.807) is 65.5 Å². The van der Waals surface area contributed by atoms with Gasteiger partial charge < -0.3 is 10.6 Å². The van der Waals surface area contributed by atoms with E-state index in [9.17, 15) is 11.9 Å². The van der Waals surface area contributed by atoms with Crippen LogP contribution in [0.25, 0.3) is 10.9 Å². The van der Waals surface area contributed by atoms with Gasteiger partial charge in [-0.2, -0.15) is 10.5 Å². The van der Waals surface area contributed by atoms with E-state index in [2.05, 4.69) is 38.1 Å². The summed E-state index contributed by atoms with van der Waals surface area (Å²) in [6.07, 6.45) is 5.26. The molecule has 1 aliphatic carbocycles. The molecule has 3 aromatic carbocycles. The Morgan fingerprint density at radius 1 is 1.03 bits per heavy atom. The van der Waals surface area contributed by atoms with E-state index in [1.165, 1.54) is 6.20 Å². The van der Waals surface area contributed by atoms with E-state index < -0.39 is 6.02 Å². The van der Waals surface area contributed by atoms with Crippen molar-refractivity contribution in [2.45, 2.75) is 24.9 Å². The molecule has 8 nitrogen and oxygen atoms in total. The number of hydrogen-bond acceptors (Lipinski definition) is 7. The molecule has 0 amide bonds. The van der Waals surface area contributed by atoms with Gasteiger partial charge in [0.1, 0.15) is 11.8 Å². The van der Waals surface area contributed by atoms with Gasteiger partial charge in [-0.3, -0.25) is 4.98 Å². The maximum absolute atomic E-state index is 9.86. The van der Waals surface area contributed by atoms with E-state index in [1.807, 2.05) is 6.07 Å². The fourth-order valence-corrected chi connectivity index (χ4v) is 4.80. The van der Waals surface area contributed by atoms with Crippen molar-refractivity contribution in [3.05, 3.63) is 105 Å². The van der Waals surface area contributed by atoms with Crippen molar-refractivity contribution in [2.24, 2.45) is 0 Å². The number of aromatic nitrogens is 4. The van der Waals surface area contributed by atoms with Gasteiger partial charge in [0.05, 0.1) is 53.1 Å². The number of anilines is 3. The van der Waals surface area contributed by atoms with E-state index in [0.29, 0.717) is 60.4 Å². The van der Waals surface area contributed by atoms with Crippen LogP contribution in [0.5, 0.6) is 0 Å². The largest absolute Gasteiger partial charge is 0.373 e. The van der Waals surface area contributed by atoms with Gasteiger partial charge in [-0.05, 0) is 60.9 Å². The minimum absolute atomic E-state index is 0.279. The first-order valence-electron chi connectivity index (χ1n) is 12.6. The molecule has 39 heavy (non-hydrogen) atoms. The summed E-state index contributed by atoms with van der Waals surface area (Å²) in [5, 5.41) is 36.0. The zero-order valence-corrected chi connectivity index (χ0v) is 21.9. The number of halogens is 2. The van der Waals surface area contributed by atoms with E-state index in [4.69, 9.17) is 23.2 Å². The molecule has 1 aliphatic rings. The van der Waals surface area contributed by atoms with Crippen LogP contribution in [0.15, 0.2) is 73.1 Å². The van der Waals surface area contributed by atoms with E-state index in [-0.39, 0.29) is 6.04 Å². The first kappa shape index (κ1) is 23.5. The molecule has 1 saturated carbocycles. The molecule has 6 rings (SSSR count). The number of fused-ring (bicyclic) bond motifs is 1. The number of nitrogens with one attached hydrogen (secondary N) is 2. The summed E-state index contributed by atoms with van der Waals surface area (Å²) in [5.41, 5.74) is 3.76. The van der Waals surface area contributed by atoms with Crippen LogP contribution in [-0.4, -0.2) is 20.0 Å². The monoisotopic (exact) mass is 551 g/mol. The molecule has 1 fully saturated rings. The highest BCUT2D eigenvalue weighted by molar-refractivity contribution is 6.36. The molecule has 0 unspecified atom stereocenters. The molecule has 0 spiro atoms. The zero-order valence-electron chi connectivity index (χ0n) is 21.4. The maximum atomic E-state index is 9.86. The first-order valence-corrected chi connectivity index (χ1v) is 12.9. The lowest BCUT2D eigenvalue weighted by Crippen LogP contribution is -2.13. The van der Waals surface area contributed by atoms with Crippen LogP contribution in [0.1, 0.15) is 48.7 Å². The normalized spacial score (nSPS) is 14.6. The van der Waals surface area contributed by atoms with Gasteiger partial charge in [0.2, 0.25) is 0 Å². The van der Waals surface area contributed by atoms with Crippen LogP contribution in [0.4, 0.5) is 17.1 Å². The summed E-state index contributed by atoms with van der Waals surface area (Å²) in [6, 6.07) is 20.4. The molecule has 2 heterocycles. The minimum atomic E-state index is -1.61. The molecule has 0 saturated heterocycles. The smallest absolute Gasteiger partial charge is 0.109 e. The fraction of sp³-hybridized carbons (Fsp3) is 0.138. The number of pyridine rings is 1. The second-order valence-electron chi connectivity index (χ2n) is 9.16. The Balaban J connectivity index is 1.49. The molecule has 190 valence electrons. The van der Waals surface area contributed by atoms with Crippen LogP contribution in [0, 0.1) is 22.7 Å². The maximum Gasteiger partial charge on any atom is 0.109 e. The Kier molecular flexibility index (Phi) is 6.18. The van der Waals surface area contributed by atoms with Crippen LogP contribution >= 0.6 is 23.2 Å². The van der Waals surface area contributed by atoms with Crippen molar-refractivity contribution in [1.82, 2.24) is 20.0 Å². The SMILES string of the molecule is [2H][C@](Nc1cc(Cl)c2ncc(C#N)c(Nc3cccc(Cl)c3)c2c1)(c1cccc(C#N)c1)c1cn(C2CC2)nn1. The van der Waals surface area contributed by atoms with Gasteiger partial charge in [-0.15, -0.1) is 5.10 Å². The van der Waals surface area contributed by atoms with Crippen LogP contribution in [0.3, 0.4) is 0 Å². The summed E-state index contributed by atoms with van der Waals surface area (Å²) in [7, 11) is 0. The van der Waals surface area contributed by atoms with Gasteiger partial charge in [0.15, 0.2) is 0 Å². The molecule has 2 aromatic heterocycles. The van der Waals surface area contributed by atoms with Crippen LogP contribution in [0.2, 0.25) is 10.0 Å². The summed E-state index contributed by atoms with van der Waals surface area (Å²) >= 11 is 12.9. The standard InChI is InChI=1S/C29H20Cl2N8/c30-20-5-2-6-21(10-20)35-27-19(14-33)15-34-29-24(27)11-22(12-25(29)31)36-28(18-4-1-3-17(9-18)13-32)26-16-39(38-37-26)23-7-8-23/h1-6,9-12,15-16,23,28,36H,7-8H2,(H,34,35)/t28-/m0/s1/i28D. The molecule has 2 N–H and O–H groups in total. The lowest BCUT2D eigenvalue weighted by molar-refractivity contribution is 0.610. The van der Waals surface area contributed by atoms with Crippen molar-refractivity contribution in [3.8, 4) is 12.1 Å². The van der Waals surface area contributed by atoms with E-state index in [0.717, 1.165) is 12.8 Å². The number of nitrogens with zero attached hydrogens (tertiary/aromatic N) is 6. The third kappa shape index (κ3) is 5.08. The van der Waals surface area contributed by atoms with Crippen molar-refractivity contribution in [1.29, 1.82) is 10.5 Å². The number of nitriles is 2. The zero-order chi connectivity index (χ0) is 27.9. The number of benzene rings is 3. The Labute approximate surface area is 235 Å². The minimum Gasteiger partial charge on any atom is -0.373 e. The van der Waals surface area contributed by atoms with Crippen molar-refractivity contribution >= 4 is 51.2 Å². The lowest BCUT2D eigenvalue weighted by Gasteiger charge is -2.20. The molecule has 0 radical (unpaired) electrons. The second-order valence-corrected chi connectivity index (χ2v) is 10.00. The molecule has 0 bridgehead atoms. The van der Waals surface area contributed by atoms with Gasteiger partial charge in [-0.1, -0.05) is 46.6 Å². The summed E-state index contributed by atoms with van der Waals surface area (Å²) in [4.78, 5) is 4.42. The Hall–Kier alpha value is -4.63. The summed E-state index contributed by atoms with van der Waals surface area (Å²) in [5.74, 6) is 0. The third-order valence-corrected chi connectivity index (χ3v) is 6.90. The van der Waals surface area contributed by atoms with Crippen molar-refractivity contribution in [3.63, 3.8) is 0 Å². The fourth-order valence-electron chi connectivity index (χ4n) is 4.34. The lowest BCUT2D eigenvalue weighted by atomic mass is 10.0. The van der Waals surface area contributed by atoms with Crippen LogP contribution in [-0.2, 0) is 0 Å². The molecular weight excluding hydrogens is 531 g/mol. The summed E-state index contributed by atoms with van der Waals surface area (Å²) in [6.45, 7) is 0. The topological polar surface area (TPSA) is 115 Å². The quantitative estimate of drug-likeness (QED) is 0.220. The molecule has 1 atom stereocenters. The Bertz CT molecular complexity index is 1850. The third-order valence-electron chi connectivity index (χ3n) is 6.38. The second kappa shape index (κ2) is 10.3. The predicted octanol–water partition coefficient (Wildman–Crippen LogP) is 7.16. The van der Waals surface area contributed by atoms with Gasteiger partial charge in [0.25, 0.3) is 0 Å². The number of hydrogen-bond donors (Lipinski definition) is 2. The van der Waals surface area contributed by atoms with E-state index >= 15 is 0 Å². The highest BCUT2D eigenvalue weighted by Crippen LogP contribution is 2.38. The molecule has 10 heteroatoms. The number of rotatable bonds is 7. The average Bonchev–Trinajstić information content (AvgIpc) is 3.69.